The fourth-order valence-corrected chi connectivity index (χ4v) is 3.36. The van der Waals surface area contributed by atoms with Gasteiger partial charge in [0.15, 0.2) is 0 Å². The molecule has 136 valence electrons. The van der Waals surface area contributed by atoms with E-state index in [9.17, 15) is 0 Å². The van der Waals surface area contributed by atoms with Gasteiger partial charge in [-0.25, -0.2) is 4.68 Å². The SMILES string of the molecule is Cc1nn(-c2ccccc2)c(C)c1CNCC(c1ccccc1)N(C)C. The summed E-state index contributed by atoms with van der Waals surface area (Å²) in [5.74, 6) is 0. The molecule has 1 unspecified atom stereocenters. The van der Waals surface area contributed by atoms with Crippen molar-refractivity contribution in [3.63, 3.8) is 0 Å². The molecule has 0 bridgehead atoms. The Bertz CT molecular complexity index is 822. The van der Waals surface area contributed by atoms with Crippen molar-refractivity contribution in [1.29, 1.82) is 0 Å². The average molecular weight is 348 g/mol. The summed E-state index contributed by atoms with van der Waals surface area (Å²) in [5, 5.41) is 8.37. The number of hydrogen-bond donors (Lipinski definition) is 1. The van der Waals surface area contributed by atoms with Crippen molar-refractivity contribution in [3.8, 4) is 5.69 Å². The summed E-state index contributed by atoms with van der Waals surface area (Å²) in [5.41, 5.74) is 6.00. The fraction of sp³-hybridized carbons (Fsp3) is 0.318. The molecule has 3 rings (SSSR count). The van der Waals surface area contributed by atoms with Crippen LogP contribution in [0.3, 0.4) is 0 Å². The summed E-state index contributed by atoms with van der Waals surface area (Å²) in [4.78, 5) is 2.26. The van der Waals surface area contributed by atoms with Crippen LogP contribution in [0, 0.1) is 13.8 Å². The average Bonchev–Trinajstić information content (AvgIpc) is 2.94. The lowest BCUT2D eigenvalue weighted by Crippen LogP contribution is -2.31. The summed E-state index contributed by atoms with van der Waals surface area (Å²) in [6.45, 7) is 5.95. The minimum Gasteiger partial charge on any atom is -0.311 e. The Balaban J connectivity index is 1.71. The van der Waals surface area contributed by atoms with E-state index < -0.39 is 0 Å². The van der Waals surface area contributed by atoms with Crippen LogP contribution in [0.2, 0.25) is 0 Å². The predicted molar refractivity (Wildman–Crippen MR) is 108 cm³/mol. The highest BCUT2D eigenvalue weighted by Crippen LogP contribution is 2.19. The zero-order chi connectivity index (χ0) is 18.5. The van der Waals surface area contributed by atoms with Crippen LogP contribution in [0.4, 0.5) is 0 Å². The molecule has 4 nitrogen and oxygen atoms in total. The van der Waals surface area contributed by atoms with Crippen LogP contribution in [0.1, 0.15) is 28.6 Å². The molecule has 26 heavy (non-hydrogen) atoms. The van der Waals surface area contributed by atoms with Gasteiger partial charge in [-0.05, 0) is 45.6 Å². The van der Waals surface area contributed by atoms with Crippen molar-refractivity contribution in [3.05, 3.63) is 83.2 Å². The first-order valence-electron chi connectivity index (χ1n) is 9.10. The van der Waals surface area contributed by atoms with E-state index in [2.05, 4.69) is 80.6 Å². The second-order valence-electron chi connectivity index (χ2n) is 6.92. The van der Waals surface area contributed by atoms with Crippen molar-refractivity contribution < 1.29 is 0 Å². The molecule has 1 N–H and O–H groups in total. The highest BCUT2D eigenvalue weighted by atomic mass is 15.3. The molecule has 1 aromatic heterocycles. The molecular formula is C22H28N4. The Labute approximate surface area is 156 Å². The molecule has 4 heteroatoms. The van der Waals surface area contributed by atoms with Crippen LogP contribution in [0.5, 0.6) is 0 Å². The Morgan fingerprint density at radius 2 is 1.58 bits per heavy atom. The summed E-state index contributed by atoms with van der Waals surface area (Å²) in [6, 6.07) is 21.3. The number of nitrogens with zero attached hydrogens (tertiary/aromatic N) is 3. The molecule has 1 heterocycles. The summed E-state index contributed by atoms with van der Waals surface area (Å²) >= 11 is 0. The van der Waals surface area contributed by atoms with Gasteiger partial charge in [-0.15, -0.1) is 0 Å². The predicted octanol–water partition coefficient (Wildman–Crippen LogP) is 3.88. The Hall–Kier alpha value is -2.43. The minimum atomic E-state index is 0.348. The van der Waals surface area contributed by atoms with Gasteiger partial charge in [-0.1, -0.05) is 48.5 Å². The second-order valence-corrected chi connectivity index (χ2v) is 6.92. The maximum atomic E-state index is 4.74. The molecule has 0 saturated carbocycles. The van der Waals surface area contributed by atoms with Crippen molar-refractivity contribution in [1.82, 2.24) is 20.0 Å². The lowest BCUT2D eigenvalue weighted by Gasteiger charge is -2.25. The van der Waals surface area contributed by atoms with Crippen molar-refractivity contribution >= 4 is 0 Å². The number of para-hydroxylation sites is 1. The Morgan fingerprint density at radius 1 is 0.962 bits per heavy atom. The van der Waals surface area contributed by atoms with Crippen LogP contribution in [-0.4, -0.2) is 35.3 Å². The topological polar surface area (TPSA) is 33.1 Å². The van der Waals surface area contributed by atoms with Gasteiger partial charge in [0.2, 0.25) is 0 Å². The first-order valence-corrected chi connectivity index (χ1v) is 9.10. The normalized spacial score (nSPS) is 12.5. The number of likely N-dealkylation sites (N-methyl/N-ethyl adjacent to an activating group) is 1. The van der Waals surface area contributed by atoms with Gasteiger partial charge in [0.05, 0.1) is 11.4 Å². The maximum absolute atomic E-state index is 4.74. The van der Waals surface area contributed by atoms with Gasteiger partial charge in [0.1, 0.15) is 0 Å². The van der Waals surface area contributed by atoms with Crippen LogP contribution in [0.15, 0.2) is 60.7 Å². The molecule has 0 aliphatic heterocycles. The van der Waals surface area contributed by atoms with E-state index in [0.29, 0.717) is 6.04 Å². The van der Waals surface area contributed by atoms with Crippen molar-refractivity contribution in [2.24, 2.45) is 0 Å². The molecule has 2 aromatic carbocycles. The molecule has 0 spiro atoms. The van der Waals surface area contributed by atoms with Crippen molar-refractivity contribution in [2.75, 3.05) is 20.6 Å². The lowest BCUT2D eigenvalue weighted by atomic mass is 10.1. The number of benzene rings is 2. The van der Waals surface area contributed by atoms with Gasteiger partial charge < -0.3 is 10.2 Å². The highest BCUT2D eigenvalue weighted by molar-refractivity contribution is 5.36. The van der Waals surface area contributed by atoms with Crippen LogP contribution >= 0.6 is 0 Å². The lowest BCUT2D eigenvalue weighted by molar-refractivity contribution is 0.288. The third-order valence-electron chi connectivity index (χ3n) is 4.89. The molecular weight excluding hydrogens is 320 g/mol. The molecule has 0 aliphatic rings. The largest absolute Gasteiger partial charge is 0.311 e. The fourth-order valence-electron chi connectivity index (χ4n) is 3.36. The van der Waals surface area contributed by atoms with Crippen LogP contribution in [0.25, 0.3) is 5.69 Å². The summed E-state index contributed by atoms with van der Waals surface area (Å²) in [7, 11) is 4.26. The van der Waals surface area contributed by atoms with E-state index in [-0.39, 0.29) is 0 Å². The molecule has 0 aliphatic carbocycles. The Kier molecular flexibility index (Phi) is 5.86. The molecule has 0 saturated heterocycles. The van der Waals surface area contributed by atoms with Gasteiger partial charge in [0.25, 0.3) is 0 Å². The highest BCUT2D eigenvalue weighted by Gasteiger charge is 2.16. The number of nitrogens with one attached hydrogen (secondary N) is 1. The van der Waals surface area contributed by atoms with E-state index in [1.54, 1.807) is 0 Å². The van der Waals surface area contributed by atoms with Gasteiger partial charge in [-0.2, -0.15) is 5.10 Å². The van der Waals surface area contributed by atoms with Gasteiger partial charge in [-0.3, -0.25) is 0 Å². The third-order valence-corrected chi connectivity index (χ3v) is 4.89. The number of aromatic nitrogens is 2. The van der Waals surface area contributed by atoms with Crippen LogP contribution < -0.4 is 5.32 Å². The molecule has 3 aromatic rings. The first-order chi connectivity index (χ1) is 12.6. The van der Waals surface area contributed by atoms with Crippen molar-refractivity contribution in [2.45, 2.75) is 26.4 Å². The van der Waals surface area contributed by atoms with Gasteiger partial charge >= 0.3 is 0 Å². The van der Waals surface area contributed by atoms with E-state index in [0.717, 1.165) is 24.5 Å². The quantitative estimate of drug-likeness (QED) is 0.703. The number of hydrogen-bond acceptors (Lipinski definition) is 3. The molecule has 0 radical (unpaired) electrons. The monoisotopic (exact) mass is 348 g/mol. The van der Waals surface area contributed by atoms with E-state index in [1.165, 1.54) is 16.8 Å². The number of rotatable bonds is 7. The zero-order valence-electron chi connectivity index (χ0n) is 16.1. The first kappa shape index (κ1) is 18.4. The molecule has 0 fully saturated rings. The summed E-state index contributed by atoms with van der Waals surface area (Å²) < 4.78 is 2.03. The minimum absolute atomic E-state index is 0.348. The van der Waals surface area contributed by atoms with E-state index >= 15 is 0 Å². The summed E-state index contributed by atoms with van der Waals surface area (Å²) in [6.07, 6.45) is 0. The smallest absolute Gasteiger partial charge is 0.0648 e. The van der Waals surface area contributed by atoms with Crippen LogP contribution in [-0.2, 0) is 6.54 Å². The van der Waals surface area contributed by atoms with E-state index in [4.69, 9.17) is 5.10 Å². The molecule has 0 amide bonds. The standard InChI is InChI=1S/C22H28N4/c1-17-21(18(2)26(24-17)20-13-9-6-10-14-20)15-23-16-22(25(3)4)19-11-7-5-8-12-19/h5-14,22-23H,15-16H2,1-4H3. The van der Waals surface area contributed by atoms with Gasteiger partial charge in [0, 0.05) is 30.4 Å². The Morgan fingerprint density at radius 3 is 2.19 bits per heavy atom. The van der Waals surface area contributed by atoms with E-state index in [1.807, 2.05) is 22.9 Å². The zero-order valence-corrected chi connectivity index (χ0v) is 16.1. The second kappa shape index (κ2) is 8.30. The third kappa shape index (κ3) is 4.03. The molecule has 1 atom stereocenters. The number of aryl methyl sites for hydroxylation is 1. The maximum Gasteiger partial charge on any atom is 0.0648 e.